The molecule has 0 aliphatic heterocycles. The monoisotopic (exact) mass is 412 g/mol. The van der Waals surface area contributed by atoms with E-state index in [0.717, 1.165) is 25.7 Å². The van der Waals surface area contributed by atoms with Gasteiger partial charge in [0.15, 0.2) is 5.78 Å². The van der Waals surface area contributed by atoms with Crippen LogP contribution in [0.2, 0.25) is 0 Å². The fourth-order valence-electron chi connectivity index (χ4n) is 9.46. The predicted molar refractivity (Wildman–Crippen MR) is 122 cm³/mol. The van der Waals surface area contributed by atoms with Crippen molar-refractivity contribution in [1.82, 2.24) is 0 Å². The van der Waals surface area contributed by atoms with Crippen LogP contribution in [-0.4, -0.2) is 17.0 Å². The summed E-state index contributed by atoms with van der Waals surface area (Å²) in [7, 11) is 0. The highest BCUT2D eigenvalue weighted by Crippen LogP contribution is 2.73. The molecule has 5 rings (SSSR count). The molecule has 4 fully saturated rings. The molecule has 5 aliphatic rings. The summed E-state index contributed by atoms with van der Waals surface area (Å²) >= 11 is 0. The van der Waals surface area contributed by atoms with Crippen LogP contribution in [0, 0.1) is 44.8 Å². The fourth-order valence-corrected chi connectivity index (χ4v) is 9.46. The van der Waals surface area contributed by atoms with Gasteiger partial charge >= 0.3 is 0 Å². The van der Waals surface area contributed by atoms with Gasteiger partial charge in [0.25, 0.3) is 0 Å². The largest absolute Gasteiger partial charge is 0.393 e. The number of aliphatic hydroxyl groups is 1. The predicted octanol–water partition coefficient (Wildman–Crippen LogP) is 6.71. The summed E-state index contributed by atoms with van der Waals surface area (Å²) in [5.41, 5.74) is 2.55. The Bertz CT molecular complexity index is 794. The van der Waals surface area contributed by atoms with Crippen molar-refractivity contribution in [2.45, 2.75) is 112 Å². The first-order valence-corrected chi connectivity index (χ1v) is 12.8. The lowest BCUT2D eigenvalue weighted by atomic mass is 9.35. The van der Waals surface area contributed by atoms with Gasteiger partial charge in [0.1, 0.15) is 0 Å². The molecule has 0 radical (unpaired) electrons. The molecule has 0 aromatic rings. The lowest BCUT2D eigenvalue weighted by molar-refractivity contribution is -0.175. The fraction of sp³-hybridized carbons (Fsp3) is 0.893. The quantitative estimate of drug-likeness (QED) is 0.480. The van der Waals surface area contributed by atoms with E-state index in [0.29, 0.717) is 28.4 Å². The van der Waals surface area contributed by atoms with Crippen molar-refractivity contribution < 1.29 is 9.90 Å². The zero-order chi connectivity index (χ0) is 21.7. The molecule has 0 saturated heterocycles. The van der Waals surface area contributed by atoms with Crippen LogP contribution >= 0.6 is 0 Å². The molecule has 4 saturated carbocycles. The van der Waals surface area contributed by atoms with E-state index >= 15 is 0 Å². The van der Waals surface area contributed by atoms with E-state index in [-0.39, 0.29) is 28.3 Å². The maximum atomic E-state index is 14.0. The van der Waals surface area contributed by atoms with Gasteiger partial charge in [0.2, 0.25) is 0 Å². The van der Waals surface area contributed by atoms with E-state index in [1.54, 1.807) is 0 Å². The lowest BCUT2D eigenvalue weighted by Crippen LogP contribution is -2.64. The molecule has 1 N–H and O–H groups in total. The molecule has 5 aliphatic carbocycles. The summed E-state index contributed by atoms with van der Waals surface area (Å²) in [5.74, 6) is 1.64. The van der Waals surface area contributed by atoms with Crippen LogP contribution in [0.3, 0.4) is 0 Å². The highest BCUT2D eigenvalue weighted by atomic mass is 16.3. The minimum Gasteiger partial charge on any atom is -0.393 e. The maximum absolute atomic E-state index is 14.0. The zero-order valence-corrected chi connectivity index (χ0v) is 20.3. The minimum atomic E-state index is -0.160. The van der Waals surface area contributed by atoms with Crippen LogP contribution in [0.15, 0.2) is 11.6 Å². The van der Waals surface area contributed by atoms with Crippen molar-refractivity contribution in [2.75, 3.05) is 0 Å². The van der Waals surface area contributed by atoms with Crippen molar-refractivity contribution in [2.24, 2.45) is 44.8 Å². The van der Waals surface area contributed by atoms with Crippen molar-refractivity contribution in [3.63, 3.8) is 0 Å². The first-order valence-electron chi connectivity index (χ1n) is 12.8. The Morgan fingerprint density at radius 2 is 1.60 bits per heavy atom. The van der Waals surface area contributed by atoms with Gasteiger partial charge in [-0.05, 0) is 109 Å². The first-order chi connectivity index (χ1) is 13.8. The normalized spacial score (nSPS) is 54.9. The number of allylic oxidation sites excluding steroid dienone is 2. The van der Waals surface area contributed by atoms with Crippen molar-refractivity contribution >= 4 is 5.78 Å². The highest BCUT2D eigenvalue weighted by molar-refractivity contribution is 5.95. The Morgan fingerprint density at radius 3 is 2.33 bits per heavy atom. The third-order valence-corrected chi connectivity index (χ3v) is 11.8. The number of ketones is 1. The van der Waals surface area contributed by atoms with E-state index < -0.39 is 0 Å². The van der Waals surface area contributed by atoms with Crippen LogP contribution in [0.5, 0.6) is 0 Å². The van der Waals surface area contributed by atoms with E-state index in [1.165, 1.54) is 44.1 Å². The second-order valence-corrected chi connectivity index (χ2v) is 13.9. The Kier molecular flexibility index (Phi) is 4.41. The van der Waals surface area contributed by atoms with E-state index in [2.05, 4.69) is 47.6 Å². The van der Waals surface area contributed by atoms with E-state index in [9.17, 15) is 9.90 Å². The summed E-state index contributed by atoms with van der Waals surface area (Å²) in [6.45, 7) is 14.8. The Balaban J connectivity index is 1.61. The number of aliphatic hydroxyl groups excluding tert-OH is 1. The molecular formula is C28H44O2. The van der Waals surface area contributed by atoms with Gasteiger partial charge in [0, 0.05) is 5.92 Å². The molecule has 8 atom stereocenters. The van der Waals surface area contributed by atoms with Gasteiger partial charge in [-0.15, -0.1) is 0 Å². The second kappa shape index (κ2) is 6.24. The minimum absolute atomic E-state index is 0.0565. The number of carbonyl (C=O) groups is 1. The number of hydrogen-bond donors (Lipinski definition) is 1. The molecular weight excluding hydrogens is 368 g/mol. The average molecular weight is 413 g/mol. The first kappa shape index (κ1) is 21.2. The summed E-state index contributed by atoms with van der Waals surface area (Å²) in [6.07, 6.45) is 13.6. The Hall–Kier alpha value is -0.630. The third kappa shape index (κ3) is 2.61. The number of rotatable bonds is 0. The summed E-state index contributed by atoms with van der Waals surface area (Å²) in [4.78, 5) is 14.0. The topological polar surface area (TPSA) is 37.3 Å². The lowest BCUT2D eigenvalue weighted by Gasteiger charge is -2.69. The molecule has 2 heteroatoms. The number of hydrogen-bond acceptors (Lipinski definition) is 2. The van der Waals surface area contributed by atoms with Gasteiger partial charge in [-0.2, -0.15) is 0 Å². The standard InChI is InChI=1S/C28H44O2/c1-24(2)11-12-25(3)13-14-27(5)20(21(25)17-24)16-22(30)23-26(4)9-8-19(29)15-18(26)7-10-28(23,27)6/h16,18-19,21,23,29H,7-15,17H2,1-6H3. The van der Waals surface area contributed by atoms with Crippen LogP contribution < -0.4 is 0 Å². The second-order valence-electron chi connectivity index (χ2n) is 13.9. The Morgan fingerprint density at radius 1 is 0.900 bits per heavy atom. The summed E-state index contributed by atoms with van der Waals surface area (Å²) in [6, 6.07) is 0. The third-order valence-electron chi connectivity index (χ3n) is 11.8. The summed E-state index contributed by atoms with van der Waals surface area (Å²) in [5, 5.41) is 10.3. The van der Waals surface area contributed by atoms with Gasteiger partial charge in [0.05, 0.1) is 6.10 Å². The van der Waals surface area contributed by atoms with Crippen LogP contribution in [0.4, 0.5) is 0 Å². The molecule has 2 nitrogen and oxygen atoms in total. The SMILES string of the molecule is CC1(C)CCC2(C)CCC3(C)C(=CC(=O)C4C5(C)CCC(O)CC5CCC43C)C2C1. The van der Waals surface area contributed by atoms with Gasteiger partial charge < -0.3 is 5.11 Å². The summed E-state index contributed by atoms with van der Waals surface area (Å²) < 4.78 is 0. The van der Waals surface area contributed by atoms with Crippen molar-refractivity contribution in [1.29, 1.82) is 0 Å². The molecule has 0 aromatic heterocycles. The highest BCUT2D eigenvalue weighted by Gasteiger charge is 2.68. The molecule has 30 heavy (non-hydrogen) atoms. The molecule has 8 unspecified atom stereocenters. The van der Waals surface area contributed by atoms with Crippen molar-refractivity contribution in [3.8, 4) is 0 Å². The molecule has 0 spiro atoms. The smallest absolute Gasteiger partial charge is 0.159 e. The van der Waals surface area contributed by atoms with Crippen LogP contribution in [0.25, 0.3) is 0 Å². The molecule has 0 amide bonds. The molecule has 0 bridgehead atoms. The number of fused-ring (bicyclic) bond motifs is 7. The van der Waals surface area contributed by atoms with Gasteiger partial charge in [-0.3, -0.25) is 4.79 Å². The molecule has 0 aromatic carbocycles. The van der Waals surface area contributed by atoms with E-state index in [4.69, 9.17) is 0 Å². The average Bonchev–Trinajstić information content (AvgIpc) is 2.65. The van der Waals surface area contributed by atoms with Gasteiger partial charge in [-0.1, -0.05) is 47.1 Å². The van der Waals surface area contributed by atoms with Crippen molar-refractivity contribution in [3.05, 3.63) is 11.6 Å². The maximum Gasteiger partial charge on any atom is 0.159 e. The van der Waals surface area contributed by atoms with E-state index in [1.807, 2.05) is 0 Å². The molecule has 168 valence electrons. The number of carbonyl (C=O) groups excluding carboxylic acids is 1. The van der Waals surface area contributed by atoms with Crippen LogP contribution in [0.1, 0.15) is 106 Å². The molecule has 0 heterocycles. The Labute approximate surface area is 184 Å². The zero-order valence-electron chi connectivity index (χ0n) is 20.3. The van der Waals surface area contributed by atoms with Gasteiger partial charge in [-0.25, -0.2) is 0 Å². The van der Waals surface area contributed by atoms with Crippen LogP contribution in [-0.2, 0) is 4.79 Å².